The lowest BCUT2D eigenvalue weighted by Gasteiger charge is -2.14. The number of rotatable bonds is 9. The van der Waals surface area contributed by atoms with Crippen LogP contribution >= 0.6 is 11.3 Å². The summed E-state index contributed by atoms with van der Waals surface area (Å²) in [4.78, 5) is 5.26. The van der Waals surface area contributed by atoms with Crippen LogP contribution in [0.15, 0.2) is 60.5 Å². The molecule has 0 saturated heterocycles. The molecule has 5 nitrogen and oxygen atoms in total. The maximum Gasteiger partial charge on any atom is 0.0991 e. The van der Waals surface area contributed by atoms with Crippen molar-refractivity contribution in [1.82, 2.24) is 14.9 Å². The van der Waals surface area contributed by atoms with Crippen molar-refractivity contribution >= 4 is 11.3 Å². The van der Waals surface area contributed by atoms with Crippen molar-refractivity contribution in [2.75, 3.05) is 13.2 Å². The lowest BCUT2D eigenvalue weighted by atomic mass is 10.1. The average Bonchev–Trinajstić information content (AvgIpc) is 3.29. The van der Waals surface area contributed by atoms with Crippen molar-refractivity contribution in [3.05, 3.63) is 70.9 Å². The molecule has 0 spiro atoms. The van der Waals surface area contributed by atoms with Gasteiger partial charge >= 0.3 is 0 Å². The van der Waals surface area contributed by atoms with E-state index in [1.807, 2.05) is 40.4 Å². The molecule has 0 aliphatic rings. The predicted octanol–water partition coefficient (Wildman–Crippen LogP) is 2.60. The third-order valence-electron chi connectivity index (χ3n) is 3.60. The van der Waals surface area contributed by atoms with Gasteiger partial charge in [0.2, 0.25) is 0 Å². The number of para-hydroxylation sites is 1. The number of benzene rings is 1. The van der Waals surface area contributed by atoms with Crippen LogP contribution in [-0.2, 0) is 17.9 Å². The molecule has 0 aliphatic heterocycles. The summed E-state index contributed by atoms with van der Waals surface area (Å²) in [6.07, 6.45) is 4.95. The minimum Gasteiger partial charge on any atom is -0.389 e. The fraction of sp³-hybridized carbons (Fsp3) is 0.278. The second kappa shape index (κ2) is 8.75. The molecule has 0 radical (unpaired) electrons. The van der Waals surface area contributed by atoms with E-state index in [1.54, 1.807) is 23.9 Å². The summed E-state index contributed by atoms with van der Waals surface area (Å²) in [6.45, 7) is 2.05. The Hall–Kier alpha value is -1.99. The van der Waals surface area contributed by atoms with Crippen molar-refractivity contribution in [3.63, 3.8) is 0 Å². The number of aliphatic hydroxyl groups excluding tert-OH is 1. The molecular weight excluding hydrogens is 322 g/mol. The van der Waals surface area contributed by atoms with Crippen LogP contribution in [0.3, 0.4) is 0 Å². The number of hydrogen-bond acceptors (Lipinski definition) is 5. The summed E-state index contributed by atoms with van der Waals surface area (Å²) in [7, 11) is 0. The standard InChI is InChI=1S/C18H21N3O2S/c22-16(12-23-13-17-5-3-9-24-17)11-20-10-15-4-1-2-6-18(15)21-8-7-19-14-21/h1-9,14,16,20,22H,10-13H2. The second-order valence-electron chi connectivity index (χ2n) is 5.48. The zero-order valence-corrected chi connectivity index (χ0v) is 14.2. The van der Waals surface area contributed by atoms with Crippen molar-refractivity contribution in [2.24, 2.45) is 0 Å². The molecule has 3 rings (SSSR count). The first kappa shape index (κ1) is 16.9. The summed E-state index contributed by atoms with van der Waals surface area (Å²) >= 11 is 1.66. The van der Waals surface area contributed by atoms with Gasteiger partial charge in [-0.2, -0.15) is 0 Å². The fourth-order valence-electron chi connectivity index (χ4n) is 2.44. The van der Waals surface area contributed by atoms with E-state index in [2.05, 4.69) is 22.4 Å². The van der Waals surface area contributed by atoms with Gasteiger partial charge in [0, 0.05) is 30.4 Å². The molecular formula is C18H21N3O2S. The minimum atomic E-state index is -0.523. The Bertz CT molecular complexity index is 714. The zero-order valence-electron chi connectivity index (χ0n) is 13.3. The Morgan fingerprint density at radius 3 is 2.96 bits per heavy atom. The van der Waals surface area contributed by atoms with Crippen molar-refractivity contribution < 1.29 is 9.84 Å². The first-order valence-corrected chi connectivity index (χ1v) is 8.76. The molecule has 0 saturated carbocycles. The lowest BCUT2D eigenvalue weighted by molar-refractivity contribution is 0.0297. The maximum atomic E-state index is 10.0. The van der Waals surface area contributed by atoms with Crippen LogP contribution in [0, 0.1) is 0 Å². The van der Waals surface area contributed by atoms with E-state index in [0.717, 1.165) is 11.3 Å². The summed E-state index contributed by atoms with van der Waals surface area (Å²) < 4.78 is 7.52. The summed E-state index contributed by atoms with van der Waals surface area (Å²) in [5.41, 5.74) is 2.24. The van der Waals surface area contributed by atoms with E-state index < -0.39 is 6.10 Å². The van der Waals surface area contributed by atoms with Gasteiger partial charge in [-0.1, -0.05) is 24.3 Å². The highest BCUT2D eigenvalue weighted by atomic mass is 32.1. The molecule has 6 heteroatoms. The Kier molecular flexibility index (Phi) is 6.14. The highest BCUT2D eigenvalue weighted by Gasteiger charge is 2.07. The molecule has 1 aromatic carbocycles. The van der Waals surface area contributed by atoms with Crippen LogP contribution in [0.5, 0.6) is 0 Å². The number of thiophene rings is 1. The monoisotopic (exact) mass is 343 g/mol. The van der Waals surface area contributed by atoms with Crippen LogP contribution in [0.4, 0.5) is 0 Å². The number of hydrogen-bond donors (Lipinski definition) is 2. The van der Waals surface area contributed by atoms with Crippen molar-refractivity contribution in [1.29, 1.82) is 0 Å². The quantitative estimate of drug-likeness (QED) is 0.627. The number of nitrogens with one attached hydrogen (secondary N) is 1. The molecule has 0 amide bonds. The van der Waals surface area contributed by atoms with Gasteiger partial charge in [-0.15, -0.1) is 11.3 Å². The summed E-state index contributed by atoms with van der Waals surface area (Å²) in [5.74, 6) is 0. The number of aromatic nitrogens is 2. The Labute approximate surface area is 145 Å². The Morgan fingerprint density at radius 1 is 1.25 bits per heavy atom. The predicted molar refractivity (Wildman–Crippen MR) is 95.3 cm³/mol. The molecule has 126 valence electrons. The molecule has 1 atom stereocenters. The topological polar surface area (TPSA) is 59.3 Å². The molecule has 0 bridgehead atoms. The Morgan fingerprint density at radius 2 is 2.17 bits per heavy atom. The number of aliphatic hydroxyl groups is 1. The molecule has 2 N–H and O–H groups in total. The van der Waals surface area contributed by atoms with Gasteiger partial charge in [0.1, 0.15) is 0 Å². The molecule has 3 aromatic rings. The van der Waals surface area contributed by atoms with Crippen LogP contribution in [-0.4, -0.2) is 33.9 Å². The van der Waals surface area contributed by atoms with Gasteiger partial charge in [-0.05, 0) is 23.1 Å². The lowest BCUT2D eigenvalue weighted by Crippen LogP contribution is -2.30. The average molecular weight is 343 g/mol. The van der Waals surface area contributed by atoms with E-state index in [-0.39, 0.29) is 0 Å². The second-order valence-corrected chi connectivity index (χ2v) is 6.51. The van der Waals surface area contributed by atoms with Gasteiger partial charge in [0.25, 0.3) is 0 Å². The van der Waals surface area contributed by atoms with Gasteiger partial charge < -0.3 is 19.7 Å². The molecule has 24 heavy (non-hydrogen) atoms. The van der Waals surface area contributed by atoms with Crippen LogP contribution in [0.1, 0.15) is 10.4 Å². The van der Waals surface area contributed by atoms with Crippen molar-refractivity contribution in [2.45, 2.75) is 19.3 Å². The largest absolute Gasteiger partial charge is 0.389 e. The highest BCUT2D eigenvalue weighted by Crippen LogP contribution is 2.14. The minimum absolute atomic E-state index is 0.327. The summed E-state index contributed by atoms with van der Waals surface area (Å²) in [5, 5.41) is 15.3. The molecule has 1 unspecified atom stereocenters. The van der Waals surface area contributed by atoms with E-state index >= 15 is 0 Å². The molecule has 0 fully saturated rings. The summed E-state index contributed by atoms with van der Waals surface area (Å²) in [6, 6.07) is 12.2. The van der Waals surface area contributed by atoms with E-state index in [4.69, 9.17) is 4.74 Å². The number of ether oxygens (including phenoxy) is 1. The smallest absolute Gasteiger partial charge is 0.0991 e. The van der Waals surface area contributed by atoms with Crippen LogP contribution in [0.25, 0.3) is 5.69 Å². The van der Waals surface area contributed by atoms with Gasteiger partial charge in [0.05, 0.1) is 31.3 Å². The first-order chi connectivity index (χ1) is 11.8. The van der Waals surface area contributed by atoms with Gasteiger partial charge in [-0.25, -0.2) is 4.98 Å². The number of nitrogens with zero attached hydrogens (tertiary/aromatic N) is 2. The normalized spacial score (nSPS) is 12.4. The molecule has 2 aromatic heterocycles. The maximum absolute atomic E-state index is 10.0. The SMILES string of the molecule is OC(CNCc1ccccc1-n1ccnc1)COCc1cccs1. The first-order valence-electron chi connectivity index (χ1n) is 7.88. The zero-order chi connectivity index (χ0) is 16.6. The Balaban J connectivity index is 1.43. The van der Waals surface area contributed by atoms with E-state index in [1.165, 1.54) is 4.88 Å². The third kappa shape index (κ3) is 4.75. The van der Waals surface area contributed by atoms with Crippen LogP contribution in [0.2, 0.25) is 0 Å². The van der Waals surface area contributed by atoms with Gasteiger partial charge in [-0.3, -0.25) is 0 Å². The number of imidazole rings is 1. The van der Waals surface area contributed by atoms with Crippen LogP contribution < -0.4 is 5.32 Å². The third-order valence-corrected chi connectivity index (χ3v) is 4.45. The van der Waals surface area contributed by atoms with Gasteiger partial charge in [0.15, 0.2) is 0 Å². The fourth-order valence-corrected chi connectivity index (χ4v) is 3.08. The van der Waals surface area contributed by atoms with Crippen molar-refractivity contribution in [3.8, 4) is 5.69 Å². The molecule has 0 aliphatic carbocycles. The highest BCUT2D eigenvalue weighted by molar-refractivity contribution is 7.09. The van der Waals surface area contributed by atoms with E-state index in [0.29, 0.717) is 26.3 Å². The molecule has 2 heterocycles. The van der Waals surface area contributed by atoms with E-state index in [9.17, 15) is 5.11 Å².